The van der Waals surface area contributed by atoms with Crippen molar-refractivity contribution in [3.05, 3.63) is 96.2 Å². The first-order chi connectivity index (χ1) is 16.8. The van der Waals surface area contributed by atoms with E-state index in [1.807, 2.05) is 31.2 Å². The van der Waals surface area contributed by atoms with Gasteiger partial charge in [0.1, 0.15) is 5.75 Å². The summed E-state index contributed by atoms with van der Waals surface area (Å²) in [6.07, 6.45) is 1.74. The van der Waals surface area contributed by atoms with E-state index in [1.165, 1.54) is 11.3 Å². The second-order valence-electron chi connectivity index (χ2n) is 7.96. The Kier molecular flexibility index (Phi) is 6.97. The number of fused-ring (bicyclic) bond motifs is 1. The van der Waals surface area contributed by atoms with Gasteiger partial charge in [-0.1, -0.05) is 53.3 Å². The van der Waals surface area contributed by atoms with Gasteiger partial charge in [0, 0.05) is 0 Å². The van der Waals surface area contributed by atoms with Crippen molar-refractivity contribution < 1.29 is 24.2 Å². The Morgan fingerprint density at radius 2 is 1.80 bits per heavy atom. The van der Waals surface area contributed by atoms with Crippen LogP contribution in [-0.4, -0.2) is 34.8 Å². The molecule has 4 rings (SSSR count). The molecule has 1 aliphatic rings. The molecule has 2 aromatic carbocycles. The Labute approximate surface area is 205 Å². The number of aromatic nitrogens is 1. The lowest BCUT2D eigenvalue weighted by molar-refractivity contribution is -0.140. The number of hydrogen-bond acceptors (Lipinski definition) is 7. The fourth-order valence-corrected chi connectivity index (χ4v) is 4.86. The van der Waals surface area contributed by atoms with Crippen molar-refractivity contribution >= 4 is 29.4 Å². The SMILES string of the molecule is CCOC(=O)C1=C(C)N=c2s/c(=C/c3ccc(OCC(=O)O)cc3)c(=O)n2[C@@H]1c1ccc(C)cc1. The number of esters is 1. The normalized spacial score (nSPS) is 15.4. The van der Waals surface area contributed by atoms with Gasteiger partial charge in [-0.05, 0) is 50.1 Å². The third-order valence-corrected chi connectivity index (χ3v) is 6.43. The Bertz CT molecular complexity index is 1480. The minimum Gasteiger partial charge on any atom is -0.482 e. The predicted molar refractivity (Wildman–Crippen MR) is 131 cm³/mol. The smallest absolute Gasteiger partial charge is 0.341 e. The van der Waals surface area contributed by atoms with Gasteiger partial charge in [-0.2, -0.15) is 0 Å². The summed E-state index contributed by atoms with van der Waals surface area (Å²) in [4.78, 5) is 42.2. The zero-order chi connectivity index (χ0) is 25.1. The number of allylic oxidation sites excluding steroid dienone is 1. The maximum absolute atomic E-state index is 13.6. The van der Waals surface area contributed by atoms with Gasteiger partial charge in [0.2, 0.25) is 0 Å². The highest BCUT2D eigenvalue weighted by Crippen LogP contribution is 2.30. The molecule has 1 aliphatic heterocycles. The zero-order valence-corrected chi connectivity index (χ0v) is 20.3. The van der Waals surface area contributed by atoms with Crippen molar-refractivity contribution in [2.24, 2.45) is 4.99 Å². The van der Waals surface area contributed by atoms with Crippen molar-refractivity contribution in [2.45, 2.75) is 26.8 Å². The number of thiazole rings is 1. The van der Waals surface area contributed by atoms with Gasteiger partial charge in [-0.15, -0.1) is 0 Å². The molecular weight excluding hydrogens is 468 g/mol. The number of ether oxygens (including phenoxy) is 2. The molecule has 0 spiro atoms. The summed E-state index contributed by atoms with van der Waals surface area (Å²) in [6.45, 7) is 5.24. The molecule has 180 valence electrons. The summed E-state index contributed by atoms with van der Waals surface area (Å²) in [5, 5.41) is 8.75. The van der Waals surface area contributed by atoms with Crippen LogP contribution in [0.25, 0.3) is 6.08 Å². The van der Waals surface area contributed by atoms with Crippen LogP contribution in [-0.2, 0) is 14.3 Å². The monoisotopic (exact) mass is 492 g/mol. The van der Waals surface area contributed by atoms with E-state index in [0.717, 1.165) is 16.7 Å². The molecule has 0 amide bonds. The summed E-state index contributed by atoms with van der Waals surface area (Å²) in [5.74, 6) is -1.14. The molecular formula is C26H24N2O6S. The molecule has 0 saturated carbocycles. The van der Waals surface area contributed by atoms with E-state index in [2.05, 4.69) is 4.99 Å². The molecule has 0 radical (unpaired) electrons. The molecule has 3 aromatic rings. The first-order valence-electron chi connectivity index (χ1n) is 11.0. The molecule has 0 unspecified atom stereocenters. The van der Waals surface area contributed by atoms with Gasteiger partial charge in [0.25, 0.3) is 5.56 Å². The van der Waals surface area contributed by atoms with E-state index in [0.29, 0.717) is 26.4 Å². The van der Waals surface area contributed by atoms with Gasteiger partial charge in [-0.25, -0.2) is 14.6 Å². The first-order valence-corrected chi connectivity index (χ1v) is 11.8. The van der Waals surface area contributed by atoms with E-state index in [-0.39, 0.29) is 12.2 Å². The van der Waals surface area contributed by atoms with Crippen molar-refractivity contribution in [3.8, 4) is 5.75 Å². The van der Waals surface area contributed by atoms with Crippen LogP contribution in [0, 0.1) is 6.92 Å². The Hall–Kier alpha value is -3.98. The van der Waals surface area contributed by atoms with E-state index in [1.54, 1.807) is 48.8 Å². The van der Waals surface area contributed by atoms with Crippen LogP contribution in [0.15, 0.2) is 69.6 Å². The quantitative estimate of drug-likeness (QED) is 0.508. The number of carbonyl (C=O) groups excluding carboxylic acids is 1. The summed E-state index contributed by atoms with van der Waals surface area (Å²) < 4.78 is 12.5. The third-order valence-electron chi connectivity index (χ3n) is 5.45. The maximum atomic E-state index is 13.6. The van der Waals surface area contributed by atoms with Gasteiger partial charge in [0.05, 0.1) is 28.5 Å². The molecule has 0 aliphatic carbocycles. The summed E-state index contributed by atoms with van der Waals surface area (Å²) in [7, 11) is 0. The van der Waals surface area contributed by atoms with Crippen molar-refractivity contribution in [2.75, 3.05) is 13.2 Å². The van der Waals surface area contributed by atoms with Crippen LogP contribution in [0.1, 0.15) is 36.6 Å². The molecule has 35 heavy (non-hydrogen) atoms. The molecule has 1 N–H and O–H groups in total. The molecule has 9 heteroatoms. The lowest BCUT2D eigenvalue weighted by atomic mass is 9.95. The predicted octanol–water partition coefficient (Wildman–Crippen LogP) is 2.57. The lowest BCUT2D eigenvalue weighted by Gasteiger charge is -2.24. The van der Waals surface area contributed by atoms with E-state index < -0.39 is 24.6 Å². The molecule has 0 saturated heterocycles. The number of carboxylic acid groups (broad SMARTS) is 1. The number of carbonyl (C=O) groups is 2. The maximum Gasteiger partial charge on any atom is 0.341 e. The molecule has 0 fully saturated rings. The molecule has 8 nitrogen and oxygen atoms in total. The van der Waals surface area contributed by atoms with Crippen LogP contribution in [0.4, 0.5) is 0 Å². The largest absolute Gasteiger partial charge is 0.482 e. The fraction of sp³-hybridized carbons (Fsp3) is 0.231. The van der Waals surface area contributed by atoms with Crippen LogP contribution in [0.5, 0.6) is 5.75 Å². The third kappa shape index (κ3) is 5.09. The zero-order valence-electron chi connectivity index (χ0n) is 19.5. The van der Waals surface area contributed by atoms with Gasteiger partial charge < -0.3 is 14.6 Å². The fourth-order valence-electron chi connectivity index (χ4n) is 3.81. The van der Waals surface area contributed by atoms with Gasteiger partial charge in [-0.3, -0.25) is 9.36 Å². The van der Waals surface area contributed by atoms with Crippen LogP contribution in [0.2, 0.25) is 0 Å². The number of benzene rings is 2. The second kappa shape index (κ2) is 10.1. The van der Waals surface area contributed by atoms with Crippen molar-refractivity contribution in [3.63, 3.8) is 0 Å². The second-order valence-corrected chi connectivity index (χ2v) is 8.97. The Morgan fingerprint density at radius 1 is 1.11 bits per heavy atom. The minimum absolute atomic E-state index is 0.215. The number of rotatable bonds is 7. The van der Waals surface area contributed by atoms with Crippen molar-refractivity contribution in [1.82, 2.24) is 4.57 Å². The first kappa shape index (κ1) is 24.2. The standard InChI is InChI=1S/C26H24N2O6S/c1-4-33-25(32)22-16(3)27-26-28(23(22)18-9-5-15(2)6-10-18)24(31)20(35-26)13-17-7-11-19(12-8-17)34-14-21(29)30/h5-13,23H,4,14H2,1-3H3,(H,29,30)/b20-13+/t23-/m1/s1. The Balaban J connectivity index is 1.81. The number of aliphatic carboxylic acids is 1. The van der Waals surface area contributed by atoms with Crippen molar-refractivity contribution in [1.29, 1.82) is 0 Å². The average molecular weight is 493 g/mol. The number of carboxylic acids is 1. The highest BCUT2D eigenvalue weighted by atomic mass is 32.1. The highest BCUT2D eigenvalue weighted by molar-refractivity contribution is 7.07. The van der Waals surface area contributed by atoms with E-state index in [9.17, 15) is 14.4 Å². The van der Waals surface area contributed by atoms with Gasteiger partial charge in [0.15, 0.2) is 11.4 Å². The average Bonchev–Trinajstić information content (AvgIpc) is 3.12. The van der Waals surface area contributed by atoms with Crippen LogP contribution < -0.4 is 19.6 Å². The molecule has 1 aromatic heterocycles. The Morgan fingerprint density at radius 3 is 2.43 bits per heavy atom. The number of hydrogen-bond donors (Lipinski definition) is 1. The summed E-state index contributed by atoms with van der Waals surface area (Å²) in [5.41, 5.74) is 3.19. The molecule has 1 atom stereocenters. The minimum atomic E-state index is -1.06. The highest BCUT2D eigenvalue weighted by Gasteiger charge is 2.33. The lowest BCUT2D eigenvalue weighted by Crippen LogP contribution is -2.39. The summed E-state index contributed by atoms with van der Waals surface area (Å²) in [6, 6.07) is 13.8. The summed E-state index contributed by atoms with van der Waals surface area (Å²) >= 11 is 1.24. The van der Waals surface area contributed by atoms with Gasteiger partial charge >= 0.3 is 11.9 Å². The molecule has 2 heterocycles. The molecule has 0 bridgehead atoms. The topological polar surface area (TPSA) is 107 Å². The van der Waals surface area contributed by atoms with E-state index in [4.69, 9.17) is 14.6 Å². The van der Waals surface area contributed by atoms with E-state index >= 15 is 0 Å². The number of aryl methyl sites for hydroxylation is 1. The van der Waals surface area contributed by atoms with Crippen LogP contribution >= 0.6 is 11.3 Å². The number of nitrogens with zero attached hydrogens (tertiary/aromatic N) is 2. The van der Waals surface area contributed by atoms with Crippen LogP contribution in [0.3, 0.4) is 0 Å².